The molecule has 2 unspecified atom stereocenters. The number of fused-ring (bicyclic) bond motifs is 2. The minimum atomic E-state index is -1.38. The molecule has 3 fully saturated rings. The fourth-order valence-electron chi connectivity index (χ4n) is 4.09. The molecule has 0 spiro atoms. The zero-order chi connectivity index (χ0) is 16.6. The fraction of sp³-hybridized carbons (Fsp3) is 0.846. The van der Waals surface area contributed by atoms with Crippen LogP contribution in [0.4, 0.5) is 0 Å². The maximum atomic E-state index is 12.8. The van der Waals surface area contributed by atoms with Gasteiger partial charge in [0.15, 0.2) is 11.3 Å². The van der Waals surface area contributed by atoms with E-state index in [0.717, 1.165) is 0 Å². The Morgan fingerprint density at radius 3 is 2.45 bits per heavy atom. The number of esters is 1. The average Bonchev–Trinajstić information content (AvgIpc) is 2.72. The van der Waals surface area contributed by atoms with Crippen LogP contribution < -0.4 is 5.32 Å². The highest BCUT2D eigenvalue weighted by Crippen LogP contribution is 2.67. The smallest absolute Gasteiger partial charge is 0.337 e. The predicted octanol–water partition coefficient (Wildman–Crippen LogP) is 0.119. The van der Waals surface area contributed by atoms with Crippen LogP contribution in [0.5, 0.6) is 0 Å². The Bertz CT molecular complexity index is 555. The van der Waals surface area contributed by atoms with Gasteiger partial charge in [0.25, 0.3) is 5.91 Å². The number of alkyl halides is 1. The Morgan fingerprint density at radius 1 is 1.36 bits per heavy atom. The molecule has 1 N–H and O–H groups in total. The zero-order valence-corrected chi connectivity index (χ0v) is 14.6. The summed E-state index contributed by atoms with van der Waals surface area (Å²) in [5, 5.41) is 2.75. The third kappa shape index (κ3) is 1.30. The number of thioether (sulfide) groups is 1. The number of rotatable bonds is 4. The number of halogens is 1. The molecule has 124 valence electrons. The molecule has 22 heavy (non-hydrogen) atoms. The lowest BCUT2D eigenvalue weighted by molar-refractivity contribution is -0.287. The van der Waals surface area contributed by atoms with Crippen molar-refractivity contribution in [3.05, 3.63) is 0 Å². The molecule has 9 heteroatoms. The molecule has 3 aliphatic heterocycles. The van der Waals surface area contributed by atoms with Crippen molar-refractivity contribution in [1.29, 1.82) is 0 Å². The molecule has 0 radical (unpaired) electrons. The van der Waals surface area contributed by atoms with Crippen molar-refractivity contribution >= 4 is 35.2 Å². The first-order valence-electron chi connectivity index (χ1n) is 6.80. The number of hydrogen-bond acceptors (Lipinski definition) is 7. The highest BCUT2D eigenvalue weighted by molar-refractivity contribution is 8.01. The van der Waals surface area contributed by atoms with Gasteiger partial charge in [0.05, 0.1) is 17.7 Å². The highest BCUT2D eigenvalue weighted by Gasteiger charge is 2.90. The Kier molecular flexibility index (Phi) is 3.34. The van der Waals surface area contributed by atoms with Crippen LogP contribution in [0.15, 0.2) is 0 Å². The van der Waals surface area contributed by atoms with Gasteiger partial charge in [-0.1, -0.05) is 0 Å². The van der Waals surface area contributed by atoms with Gasteiger partial charge in [-0.3, -0.25) is 4.79 Å². The molecular weight excluding hydrogens is 332 g/mol. The fourth-order valence-corrected chi connectivity index (χ4v) is 6.32. The van der Waals surface area contributed by atoms with Crippen molar-refractivity contribution in [2.45, 2.75) is 41.0 Å². The maximum Gasteiger partial charge on any atom is 0.337 e. The number of carbonyl (C=O) groups excluding carboxylic acids is 2. The summed E-state index contributed by atoms with van der Waals surface area (Å²) in [5.41, 5.74) is -3.92. The molecule has 2 bridgehead atoms. The van der Waals surface area contributed by atoms with Gasteiger partial charge in [-0.15, -0.1) is 23.4 Å². The van der Waals surface area contributed by atoms with Crippen molar-refractivity contribution in [2.24, 2.45) is 0 Å². The Morgan fingerprint density at radius 2 is 2.00 bits per heavy atom. The van der Waals surface area contributed by atoms with Crippen molar-refractivity contribution < 1.29 is 23.8 Å². The second-order valence-electron chi connectivity index (χ2n) is 6.09. The van der Waals surface area contributed by atoms with Crippen LogP contribution in [-0.4, -0.2) is 71.1 Å². The number of methoxy groups -OCH3 is 3. The Labute approximate surface area is 138 Å². The summed E-state index contributed by atoms with van der Waals surface area (Å²) in [6.07, 6.45) is 0. The summed E-state index contributed by atoms with van der Waals surface area (Å²) in [4.78, 5) is 27.0. The van der Waals surface area contributed by atoms with Gasteiger partial charge in [0.1, 0.15) is 5.37 Å². The third-order valence-corrected chi connectivity index (χ3v) is 7.10. The Hall–Kier alpha value is -0.540. The summed E-state index contributed by atoms with van der Waals surface area (Å²) in [5.74, 6) is -0.911. The maximum absolute atomic E-state index is 12.8. The van der Waals surface area contributed by atoms with Crippen LogP contribution in [0.1, 0.15) is 13.8 Å². The van der Waals surface area contributed by atoms with E-state index in [-0.39, 0.29) is 17.2 Å². The van der Waals surface area contributed by atoms with Gasteiger partial charge in [0, 0.05) is 14.2 Å². The average molecular weight is 351 g/mol. The lowest BCUT2D eigenvalue weighted by atomic mass is 9.68. The minimum Gasteiger partial charge on any atom is -0.467 e. The van der Waals surface area contributed by atoms with Crippen LogP contribution >= 0.6 is 23.4 Å². The second-order valence-corrected chi connectivity index (χ2v) is 8.06. The number of piperazine rings is 2. The Balaban J connectivity index is 2.30. The van der Waals surface area contributed by atoms with Crippen LogP contribution in [0.2, 0.25) is 0 Å². The monoisotopic (exact) mass is 350 g/mol. The molecular formula is C13H19ClN2O5S. The SMILES string of the molecule is COC(=O)C12N3C(=O)[C@](OC)(NC1(CCl)OC)[C@@H]3SC2(C)C. The number of β-lactam (4-membered cyclic amide) rings is 1. The third-order valence-electron chi connectivity index (χ3n) is 5.07. The van der Waals surface area contributed by atoms with E-state index in [1.54, 1.807) is 0 Å². The van der Waals surface area contributed by atoms with Crippen LogP contribution in [-0.2, 0) is 23.8 Å². The van der Waals surface area contributed by atoms with E-state index < -0.39 is 27.7 Å². The van der Waals surface area contributed by atoms with Gasteiger partial charge in [-0.25, -0.2) is 10.1 Å². The topological polar surface area (TPSA) is 77.1 Å². The lowest BCUT2D eigenvalue weighted by Gasteiger charge is -2.67. The minimum absolute atomic E-state index is 0.0514. The van der Waals surface area contributed by atoms with Crippen molar-refractivity contribution in [3.8, 4) is 0 Å². The zero-order valence-electron chi connectivity index (χ0n) is 13.1. The first kappa shape index (κ1) is 16.3. The van der Waals surface area contributed by atoms with Gasteiger partial charge < -0.3 is 19.1 Å². The molecule has 1 amide bonds. The number of nitrogens with one attached hydrogen (secondary N) is 1. The molecule has 4 atom stereocenters. The molecule has 3 aliphatic rings. The van der Waals surface area contributed by atoms with Gasteiger partial charge in [0.2, 0.25) is 5.72 Å². The highest BCUT2D eigenvalue weighted by atomic mass is 35.5. The van der Waals surface area contributed by atoms with Crippen molar-refractivity contribution in [3.63, 3.8) is 0 Å². The summed E-state index contributed by atoms with van der Waals surface area (Å²) < 4.78 is 15.5. The predicted molar refractivity (Wildman–Crippen MR) is 80.4 cm³/mol. The standard InChI is InChI=1S/C13H19ClN2O5S/c1-10(2)13(9(18)19-3)11(6-14,20-4)15-12(21-5)7(17)16(13)8(12)22-10/h8,15H,6H2,1-5H3/t8-,11?,12+,13?/m0/s1. The summed E-state index contributed by atoms with van der Waals surface area (Å²) in [7, 11) is 4.20. The molecule has 3 heterocycles. The first-order chi connectivity index (χ1) is 10.2. The quantitative estimate of drug-likeness (QED) is 0.438. The van der Waals surface area contributed by atoms with Crippen LogP contribution in [0.25, 0.3) is 0 Å². The van der Waals surface area contributed by atoms with E-state index in [0.29, 0.717) is 0 Å². The summed E-state index contributed by atoms with van der Waals surface area (Å²) in [6, 6.07) is 0. The number of hydrogen-bond donors (Lipinski definition) is 1. The van der Waals surface area contributed by atoms with Crippen LogP contribution in [0.3, 0.4) is 0 Å². The van der Waals surface area contributed by atoms with Crippen molar-refractivity contribution in [2.75, 3.05) is 27.2 Å². The summed E-state index contributed by atoms with van der Waals surface area (Å²) in [6.45, 7) is 3.77. The van der Waals surface area contributed by atoms with E-state index in [2.05, 4.69) is 5.32 Å². The molecule has 7 nitrogen and oxygen atoms in total. The van der Waals surface area contributed by atoms with Crippen molar-refractivity contribution in [1.82, 2.24) is 10.2 Å². The van der Waals surface area contributed by atoms with Gasteiger partial charge in [-0.2, -0.15) is 0 Å². The molecule has 0 aromatic heterocycles. The van der Waals surface area contributed by atoms with E-state index in [9.17, 15) is 9.59 Å². The first-order valence-corrected chi connectivity index (χ1v) is 8.21. The van der Waals surface area contributed by atoms with E-state index >= 15 is 0 Å². The number of ether oxygens (including phenoxy) is 3. The number of carbonyl (C=O) groups is 2. The van der Waals surface area contributed by atoms with Gasteiger partial charge in [-0.05, 0) is 13.8 Å². The molecule has 3 rings (SSSR count). The van der Waals surface area contributed by atoms with E-state index in [1.165, 1.54) is 38.0 Å². The largest absolute Gasteiger partial charge is 0.467 e. The molecule has 3 saturated heterocycles. The van der Waals surface area contributed by atoms with Gasteiger partial charge >= 0.3 is 5.97 Å². The number of amides is 1. The lowest BCUT2D eigenvalue weighted by Crippen LogP contribution is -2.97. The van der Waals surface area contributed by atoms with Crippen LogP contribution in [0, 0.1) is 0 Å². The second kappa shape index (κ2) is 4.51. The molecule has 0 aliphatic carbocycles. The van der Waals surface area contributed by atoms with E-state index in [4.69, 9.17) is 25.8 Å². The molecule has 0 aromatic rings. The van der Waals surface area contributed by atoms with E-state index in [1.807, 2.05) is 13.8 Å². The normalized spacial score (nSPS) is 44.7. The number of nitrogens with zero attached hydrogens (tertiary/aromatic N) is 1. The summed E-state index contributed by atoms with van der Waals surface area (Å²) >= 11 is 7.68. The molecule has 0 saturated carbocycles. The molecule has 0 aromatic carbocycles.